The minimum atomic E-state index is -0.390. The molecule has 1 aromatic heterocycles. The number of hydrogen-bond donors (Lipinski definition) is 1. The fourth-order valence-electron chi connectivity index (χ4n) is 2.01. The Balaban J connectivity index is 2.57. The topological polar surface area (TPSA) is 56.0 Å². The Bertz CT molecular complexity index is 602. The Kier molecular flexibility index (Phi) is 3.48. The molecule has 1 aromatic carbocycles. The number of amides is 1. The number of nitrogens with zero attached hydrogens (tertiary/aromatic N) is 1. The van der Waals surface area contributed by atoms with Gasteiger partial charge >= 0.3 is 0 Å². The summed E-state index contributed by atoms with van der Waals surface area (Å²) >= 11 is 1.66. The molecule has 0 saturated heterocycles. The molecule has 0 bridgehead atoms. The van der Waals surface area contributed by atoms with E-state index in [0.717, 1.165) is 28.2 Å². The second kappa shape index (κ2) is 4.90. The number of aryl methyl sites for hydroxylation is 2. The quantitative estimate of drug-likeness (QED) is 0.922. The monoisotopic (exact) mass is 260 g/mol. The van der Waals surface area contributed by atoms with Crippen LogP contribution in [0.2, 0.25) is 0 Å². The van der Waals surface area contributed by atoms with Gasteiger partial charge < -0.3 is 5.73 Å². The second-order valence-electron chi connectivity index (χ2n) is 4.22. The highest BCUT2D eigenvalue weighted by molar-refractivity contribution is 7.15. The van der Waals surface area contributed by atoms with Crippen LogP contribution < -0.4 is 5.73 Å². The maximum atomic E-state index is 11.3. The van der Waals surface area contributed by atoms with Crippen molar-refractivity contribution in [1.29, 1.82) is 0 Å². The van der Waals surface area contributed by atoms with Crippen molar-refractivity contribution in [3.8, 4) is 10.6 Å². The van der Waals surface area contributed by atoms with E-state index in [1.165, 1.54) is 4.88 Å². The first-order chi connectivity index (χ1) is 8.54. The van der Waals surface area contributed by atoms with E-state index in [1.807, 2.05) is 19.1 Å². The van der Waals surface area contributed by atoms with E-state index in [0.29, 0.717) is 5.56 Å². The Labute approximate surface area is 111 Å². The van der Waals surface area contributed by atoms with E-state index >= 15 is 0 Å². The van der Waals surface area contributed by atoms with Gasteiger partial charge in [0, 0.05) is 16.0 Å². The number of primary amides is 1. The van der Waals surface area contributed by atoms with Gasteiger partial charge in [0.25, 0.3) is 0 Å². The summed E-state index contributed by atoms with van der Waals surface area (Å²) in [4.78, 5) is 17.2. The first-order valence-corrected chi connectivity index (χ1v) is 6.72. The van der Waals surface area contributed by atoms with Gasteiger partial charge in [-0.25, -0.2) is 4.98 Å². The summed E-state index contributed by atoms with van der Waals surface area (Å²) in [5.74, 6) is -0.390. The molecule has 18 heavy (non-hydrogen) atoms. The second-order valence-corrected chi connectivity index (χ2v) is 5.42. The first kappa shape index (κ1) is 12.8. The standard InChI is InChI=1S/C14H16N2OS/c1-4-12-9(3)18-14(16-12)11-7-5-6-10(8(11)2)13(15)17/h5-7H,4H2,1-3H3,(H2,15,17). The molecule has 2 rings (SSSR count). The number of rotatable bonds is 3. The van der Waals surface area contributed by atoms with Crippen LogP contribution in [0.15, 0.2) is 18.2 Å². The largest absolute Gasteiger partial charge is 0.366 e. The predicted molar refractivity (Wildman–Crippen MR) is 74.9 cm³/mol. The molecule has 1 amide bonds. The SMILES string of the molecule is CCc1nc(-c2cccc(C(N)=O)c2C)sc1C. The van der Waals surface area contributed by atoms with Crippen molar-refractivity contribution in [2.75, 3.05) is 0 Å². The van der Waals surface area contributed by atoms with Crippen LogP contribution in [0.3, 0.4) is 0 Å². The van der Waals surface area contributed by atoms with Gasteiger partial charge in [-0.05, 0) is 31.9 Å². The Hall–Kier alpha value is -1.68. The molecule has 0 aliphatic rings. The summed E-state index contributed by atoms with van der Waals surface area (Å²) < 4.78 is 0. The molecule has 4 heteroatoms. The first-order valence-electron chi connectivity index (χ1n) is 5.90. The minimum Gasteiger partial charge on any atom is -0.366 e. The molecule has 0 spiro atoms. The van der Waals surface area contributed by atoms with Gasteiger partial charge in [-0.1, -0.05) is 19.1 Å². The van der Waals surface area contributed by atoms with Gasteiger partial charge in [0.15, 0.2) is 0 Å². The maximum absolute atomic E-state index is 11.3. The highest BCUT2D eigenvalue weighted by Gasteiger charge is 2.14. The summed E-state index contributed by atoms with van der Waals surface area (Å²) in [7, 11) is 0. The minimum absolute atomic E-state index is 0.390. The molecule has 94 valence electrons. The third-order valence-electron chi connectivity index (χ3n) is 3.06. The van der Waals surface area contributed by atoms with Gasteiger partial charge in [0.05, 0.1) is 5.69 Å². The molecule has 0 unspecified atom stereocenters. The Morgan fingerprint density at radius 1 is 1.39 bits per heavy atom. The molecule has 0 saturated carbocycles. The summed E-state index contributed by atoms with van der Waals surface area (Å²) in [6.07, 6.45) is 0.927. The van der Waals surface area contributed by atoms with Gasteiger partial charge in [-0.3, -0.25) is 4.79 Å². The van der Waals surface area contributed by atoms with Crippen molar-refractivity contribution in [2.45, 2.75) is 27.2 Å². The summed E-state index contributed by atoms with van der Waals surface area (Å²) in [6.45, 7) is 6.09. The van der Waals surface area contributed by atoms with E-state index < -0.39 is 5.91 Å². The molecule has 2 aromatic rings. The number of aromatic nitrogens is 1. The molecule has 0 aliphatic heterocycles. The van der Waals surface area contributed by atoms with E-state index in [2.05, 4.69) is 18.8 Å². The molecule has 0 atom stereocenters. The van der Waals surface area contributed by atoms with Crippen LogP contribution >= 0.6 is 11.3 Å². The zero-order chi connectivity index (χ0) is 13.3. The Morgan fingerprint density at radius 3 is 2.67 bits per heavy atom. The van der Waals surface area contributed by atoms with Crippen LogP contribution in [-0.2, 0) is 6.42 Å². The molecular weight excluding hydrogens is 244 g/mol. The number of thiazole rings is 1. The smallest absolute Gasteiger partial charge is 0.248 e. The lowest BCUT2D eigenvalue weighted by atomic mass is 10.0. The lowest BCUT2D eigenvalue weighted by Crippen LogP contribution is -2.12. The van der Waals surface area contributed by atoms with Crippen molar-refractivity contribution in [2.24, 2.45) is 5.73 Å². The highest BCUT2D eigenvalue weighted by Crippen LogP contribution is 2.31. The van der Waals surface area contributed by atoms with Gasteiger partial charge in [0.1, 0.15) is 5.01 Å². The van der Waals surface area contributed by atoms with E-state index in [4.69, 9.17) is 5.73 Å². The average Bonchev–Trinajstić information content (AvgIpc) is 2.70. The number of benzene rings is 1. The van der Waals surface area contributed by atoms with Crippen LogP contribution in [0.4, 0.5) is 0 Å². The average molecular weight is 260 g/mol. The zero-order valence-electron chi connectivity index (χ0n) is 10.8. The van der Waals surface area contributed by atoms with Crippen LogP contribution in [0.1, 0.15) is 33.4 Å². The number of hydrogen-bond acceptors (Lipinski definition) is 3. The molecule has 1 heterocycles. The van der Waals surface area contributed by atoms with Gasteiger partial charge in [-0.2, -0.15) is 0 Å². The number of carbonyl (C=O) groups is 1. The maximum Gasteiger partial charge on any atom is 0.248 e. The predicted octanol–water partition coefficient (Wildman–Crippen LogP) is 3.09. The fraction of sp³-hybridized carbons (Fsp3) is 0.286. The molecule has 3 nitrogen and oxygen atoms in total. The van der Waals surface area contributed by atoms with Crippen LogP contribution in [0.5, 0.6) is 0 Å². The molecule has 0 aliphatic carbocycles. The Morgan fingerprint density at radius 2 is 2.11 bits per heavy atom. The molecular formula is C14H16N2OS. The normalized spacial score (nSPS) is 10.6. The van der Waals surface area contributed by atoms with Crippen molar-refractivity contribution in [3.05, 3.63) is 39.9 Å². The van der Waals surface area contributed by atoms with Gasteiger partial charge in [-0.15, -0.1) is 11.3 Å². The van der Waals surface area contributed by atoms with Crippen molar-refractivity contribution in [3.63, 3.8) is 0 Å². The highest BCUT2D eigenvalue weighted by atomic mass is 32.1. The van der Waals surface area contributed by atoms with Crippen molar-refractivity contribution in [1.82, 2.24) is 4.98 Å². The van der Waals surface area contributed by atoms with E-state index in [-0.39, 0.29) is 0 Å². The molecule has 2 N–H and O–H groups in total. The summed E-state index contributed by atoms with van der Waals surface area (Å²) in [5, 5.41) is 0.963. The van der Waals surface area contributed by atoms with Crippen LogP contribution in [0, 0.1) is 13.8 Å². The summed E-state index contributed by atoms with van der Waals surface area (Å²) in [5.41, 5.74) is 8.96. The fourth-order valence-corrected chi connectivity index (χ4v) is 3.09. The zero-order valence-corrected chi connectivity index (χ0v) is 11.6. The number of nitrogens with two attached hydrogens (primary N) is 1. The van der Waals surface area contributed by atoms with Crippen molar-refractivity contribution < 1.29 is 4.79 Å². The van der Waals surface area contributed by atoms with E-state index in [1.54, 1.807) is 17.4 Å². The lowest BCUT2D eigenvalue weighted by Gasteiger charge is -2.06. The van der Waals surface area contributed by atoms with Gasteiger partial charge in [0.2, 0.25) is 5.91 Å². The third-order valence-corrected chi connectivity index (χ3v) is 4.10. The van der Waals surface area contributed by atoms with Crippen molar-refractivity contribution >= 4 is 17.2 Å². The summed E-state index contributed by atoms with van der Waals surface area (Å²) in [6, 6.07) is 5.59. The molecule has 0 radical (unpaired) electrons. The third kappa shape index (κ3) is 2.16. The van der Waals surface area contributed by atoms with Crippen LogP contribution in [-0.4, -0.2) is 10.9 Å². The van der Waals surface area contributed by atoms with Crippen LogP contribution in [0.25, 0.3) is 10.6 Å². The van der Waals surface area contributed by atoms with E-state index in [9.17, 15) is 4.79 Å². The molecule has 0 fully saturated rings. The lowest BCUT2D eigenvalue weighted by molar-refractivity contribution is 0.1000. The number of carbonyl (C=O) groups excluding carboxylic acids is 1.